The van der Waals surface area contributed by atoms with Gasteiger partial charge < -0.3 is 19.6 Å². The number of fused-ring (bicyclic) bond motifs is 1. The van der Waals surface area contributed by atoms with Gasteiger partial charge in [0.2, 0.25) is 0 Å². The van der Waals surface area contributed by atoms with E-state index in [0.717, 1.165) is 16.7 Å². The van der Waals surface area contributed by atoms with Gasteiger partial charge in [0.05, 0.1) is 17.3 Å². The summed E-state index contributed by atoms with van der Waals surface area (Å²) in [6.45, 7) is 7.40. The molecule has 0 spiro atoms. The van der Waals surface area contributed by atoms with Crippen LogP contribution in [0.25, 0.3) is 11.0 Å². The third kappa shape index (κ3) is 3.75. The Bertz CT molecular complexity index is 783. The molecule has 0 aliphatic carbocycles. The molecule has 1 aliphatic rings. The Morgan fingerprint density at radius 2 is 2.15 bits per heavy atom. The van der Waals surface area contributed by atoms with Crippen LogP contribution in [0.3, 0.4) is 0 Å². The van der Waals surface area contributed by atoms with E-state index in [0.29, 0.717) is 26.1 Å². The number of ether oxygens (including phenoxy) is 1. The summed E-state index contributed by atoms with van der Waals surface area (Å²) in [6, 6.07) is 1.98. The number of carbonyl (C=O) groups excluding carboxylic acids is 1. The monoisotopic (exact) mass is 361 g/mol. The number of piperazine rings is 1. The molecular weight excluding hydrogens is 334 g/mol. The van der Waals surface area contributed by atoms with E-state index in [1.165, 1.54) is 0 Å². The zero-order chi connectivity index (χ0) is 18.9. The number of hydrogen-bond acceptors (Lipinski definition) is 6. The van der Waals surface area contributed by atoms with Crippen molar-refractivity contribution in [3.05, 3.63) is 18.5 Å². The fraction of sp³-hybridized carbons (Fsp3) is 0.611. The van der Waals surface area contributed by atoms with Gasteiger partial charge in [-0.2, -0.15) is 5.10 Å². The summed E-state index contributed by atoms with van der Waals surface area (Å²) in [6.07, 6.45) is 3.86. The first-order chi connectivity index (χ1) is 12.3. The Hall–Kier alpha value is -2.35. The third-order valence-corrected chi connectivity index (χ3v) is 4.52. The highest BCUT2D eigenvalue weighted by molar-refractivity contribution is 5.89. The van der Waals surface area contributed by atoms with Crippen LogP contribution in [0, 0.1) is 0 Å². The quantitative estimate of drug-likeness (QED) is 0.897. The van der Waals surface area contributed by atoms with E-state index in [-0.39, 0.29) is 18.7 Å². The van der Waals surface area contributed by atoms with Crippen LogP contribution in [0.15, 0.2) is 18.5 Å². The number of pyridine rings is 1. The van der Waals surface area contributed by atoms with Crippen molar-refractivity contribution in [2.45, 2.75) is 38.8 Å². The summed E-state index contributed by atoms with van der Waals surface area (Å²) in [7, 11) is 1.87. The van der Waals surface area contributed by atoms with Crippen LogP contribution in [0.1, 0.15) is 27.2 Å². The number of aromatic nitrogens is 3. The normalized spacial score (nSPS) is 18.4. The van der Waals surface area contributed by atoms with Crippen molar-refractivity contribution in [2.75, 3.05) is 31.1 Å². The number of anilines is 1. The van der Waals surface area contributed by atoms with E-state index in [1.807, 2.05) is 40.1 Å². The maximum absolute atomic E-state index is 12.4. The van der Waals surface area contributed by atoms with E-state index in [1.54, 1.807) is 15.8 Å². The van der Waals surface area contributed by atoms with Crippen molar-refractivity contribution in [3.63, 3.8) is 0 Å². The first kappa shape index (κ1) is 18.4. The molecule has 0 aromatic carbocycles. The standard InChI is InChI=1S/C18H27N5O3/c1-18(2,3)26-17(25)22-8-9-23(13(12-22)6-10-24)15-5-7-19-16-14(15)11-20-21(16)4/h5,7,11,13,24H,6,8-10,12H2,1-4H3/t13-/m0/s1. The van der Waals surface area contributed by atoms with Gasteiger partial charge in [-0.05, 0) is 33.3 Å². The van der Waals surface area contributed by atoms with Crippen molar-refractivity contribution < 1.29 is 14.6 Å². The number of rotatable bonds is 3. The predicted octanol–water partition coefficient (Wildman–Crippen LogP) is 1.78. The average Bonchev–Trinajstić information content (AvgIpc) is 2.95. The minimum atomic E-state index is -0.520. The number of hydrogen-bond donors (Lipinski definition) is 1. The van der Waals surface area contributed by atoms with Gasteiger partial charge in [-0.15, -0.1) is 0 Å². The number of aliphatic hydroxyl groups excluding tert-OH is 1. The lowest BCUT2D eigenvalue weighted by Crippen LogP contribution is -2.56. The molecule has 1 N–H and O–H groups in total. The SMILES string of the molecule is Cn1ncc2c(N3CCN(C(=O)OC(C)(C)C)C[C@@H]3CCO)ccnc21. The zero-order valence-electron chi connectivity index (χ0n) is 15.8. The molecule has 0 saturated carbocycles. The molecule has 2 aromatic heterocycles. The molecule has 1 fully saturated rings. The second-order valence-electron chi connectivity index (χ2n) is 7.62. The second kappa shape index (κ2) is 7.11. The molecule has 1 amide bonds. The molecule has 3 heterocycles. The number of amides is 1. The first-order valence-corrected chi connectivity index (χ1v) is 8.92. The smallest absolute Gasteiger partial charge is 0.410 e. The number of aliphatic hydroxyl groups is 1. The Labute approximate surface area is 153 Å². The van der Waals surface area contributed by atoms with Gasteiger partial charge in [-0.1, -0.05) is 0 Å². The molecule has 1 aliphatic heterocycles. The number of carbonyl (C=O) groups is 1. The van der Waals surface area contributed by atoms with Gasteiger partial charge in [-0.25, -0.2) is 9.78 Å². The summed E-state index contributed by atoms with van der Waals surface area (Å²) in [5.41, 5.74) is 1.33. The van der Waals surface area contributed by atoms with Gasteiger partial charge in [0.15, 0.2) is 5.65 Å². The van der Waals surface area contributed by atoms with E-state index in [2.05, 4.69) is 15.0 Å². The highest BCUT2D eigenvalue weighted by atomic mass is 16.6. The van der Waals surface area contributed by atoms with Crippen molar-refractivity contribution in [3.8, 4) is 0 Å². The van der Waals surface area contributed by atoms with E-state index in [9.17, 15) is 9.90 Å². The maximum Gasteiger partial charge on any atom is 0.410 e. The van der Waals surface area contributed by atoms with Crippen LogP contribution in [0.5, 0.6) is 0 Å². The maximum atomic E-state index is 12.4. The Morgan fingerprint density at radius 3 is 2.85 bits per heavy atom. The fourth-order valence-corrected chi connectivity index (χ4v) is 3.34. The van der Waals surface area contributed by atoms with E-state index < -0.39 is 5.60 Å². The molecule has 0 radical (unpaired) electrons. The predicted molar refractivity (Wildman–Crippen MR) is 99.2 cm³/mol. The molecule has 142 valence electrons. The summed E-state index contributed by atoms with van der Waals surface area (Å²) in [5.74, 6) is 0. The lowest BCUT2D eigenvalue weighted by molar-refractivity contribution is 0.0207. The Morgan fingerprint density at radius 1 is 1.38 bits per heavy atom. The van der Waals surface area contributed by atoms with Crippen LogP contribution in [-0.2, 0) is 11.8 Å². The molecule has 3 rings (SSSR count). The molecule has 1 atom stereocenters. The summed E-state index contributed by atoms with van der Waals surface area (Å²) >= 11 is 0. The molecule has 8 nitrogen and oxygen atoms in total. The zero-order valence-corrected chi connectivity index (χ0v) is 15.8. The minimum Gasteiger partial charge on any atom is -0.444 e. The summed E-state index contributed by atoms with van der Waals surface area (Å²) in [4.78, 5) is 20.8. The minimum absolute atomic E-state index is 0.00655. The first-order valence-electron chi connectivity index (χ1n) is 8.92. The van der Waals surface area contributed by atoms with Crippen LogP contribution < -0.4 is 4.90 Å². The third-order valence-electron chi connectivity index (χ3n) is 4.52. The lowest BCUT2D eigenvalue weighted by atomic mass is 10.1. The second-order valence-corrected chi connectivity index (χ2v) is 7.62. The molecule has 1 saturated heterocycles. The molecule has 8 heteroatoms. The highest BCUT2D eigenvalue weighted by Gasteiger charge is 2.32. The van der Waals surface area contributed by atoms with Crippen LogP contribution in [-0.4, -0.2) is 68.7 Å². The topological polar surface area (TPSA) is 83.7 Å². The Balaban J connectivity index is 1.84. The molecular formula is C18H27N5O3. The average molecular weight is 361 g/mol. The molecule has 26 heavy (non-hydrogen) atoms. The fourth-order valence-electron chi connectivity index (χ4n) is 3.34. The van der Waals surface area contributed by atoms with Gasteiger partial charge in [-0.3, -0.25) is 4.68 Å². The van der Waals surface area contributed by atoms with Crippen LogP contribution in [0.2, 0.25) is 0 Å². The number of nitrogens with zero attached hydrogens (tertiary/aromatic N) is 5. The van der Waals surface area contributed by atoms with Crippen LogP contribution >= 0.6 is 0 Å². The Kier molecular flexibility index (Phi) is 5.04. The van der Waals surface area contributed by atoms with E-state index in [4.69, 9.17) is 4.74 Å². The molecule has 2 aromatic rings. The van der Waals surface area contributed by atoms with Crippen molar-refractivity contribution in [1.82, 2.24) is 19.7 Å². The largest absolute Gasteiger partial charge is 0.444 e. The van der Waals surface area contributed by atoms with Gasteiger partial charge in [0.25, 0.3) is 0 Å². The van der Waals surface area contributed by atoms with Gasteiger partial charge >= 0.3 is 6.09 Å². The van der Waals surface area contributed by atoms with Crippen LogP contribution in [0.4, 0.5) is 10.5 Å². The summed E-state index contributed by atoms with van der Waals surface area (Å²) in [5, 5.41) is 14.8. The number of aryl methyl sites for hydroxylation is 1. The highest BCUT2D eigenvalue weighted by Crippen LogP contribution is 2.29. The van der Waals surface area contributed by atoms with Crippen molar-refractivity contribution >= 4 is 22.8 Å². The van der Waals surface area contributed by atoms with E-state index >= 15 is 0 Å². The van der Waals surface area contributed by atoms with Crippen molar-refractivity contribution in [2.24, 2.45) is 7.05 Å². The van der Waals surface area contributed by atoms with Gasteiger partial charge in [0.1, 0.15) is 5.60 Å². The van der Waals surface area contributed by atoms with Gasteiger partial charge in [0, 0.05) is 45.5 Å². The van der Waals surface area contributed by atoms with Crippen molar-refractivity contribution in [1.29, 1.82) is 0 Å². The molecule has 0 bridgehead atoms. The lowest BCUT2D eigenvalue weighted by Gasteiger charge is -2.43. The molecule has 0 unspecified atom stereocenters. The summed E-state index contributed by atoms with van der Waals surface area (Å²) < 4.78 is 7.25.